The summed E-state index contributed by atoms with van der Waals surface area (Å²) in [5, 5.41) is 3.14. The first-order chi connectivity index (χ1) is 8.84. The molecule has 0 bridgehead atoms. The zero-order chi connectivity index (χ0) is 14.5. The summed E-state index contributed by atoms with van der Waals surface area (Å²) < 4.78 is 35.2. The minimum atomic E-state index is -3.05. The highest BCUT2D eigenvalue weighted by atomic mass is 127. The molecule has 20 heavy (non-hydrogen) atoms. The number of hydrogen-bond acceptors (Lipinski definition) is 3. The lowest BCUT2D eigenvalue weighted by molar-refractivity contribution is 0.353. The molecule has 1 saturated heterocycles. The van der Waals surface area contributed by atoms with Gasteiger partial charge in [0, 0.05) is 26.2 Å². The van der Waals surface area contributed by atoms with Crippen molar-refractivity contribution in [1.82, 2.24) is 10.2 Å². The second kappa shape index (κ2) is 8.35. The van der Waals surface area contributed by atoms with Crippen molar-refractivity contribution in [2.45, 2.75) is 31.9 Å². The molecule has 0 radical (unpaired) electrons. The standard InChI is InChI=1S/C12H24FN3O2S.HI/c1-4-14-11(15-7-5-6-13)16-8-9-19(17,18)12(2,3)10-16;/h4-10H2,1-3H3,(H,14,15);1H. The van der Waals surface area contributed by atoms with Crippen molar-refractivity contribution in [1.29, 1.82) is 0 Å². The van der Waals surface area contributed by atoms with Gasteiger partial charge in [0.05, 0.1) is 17.2 Å². The minimum Gasteiger partial charge on any atom is -0.357 e. The number of aliphatic imine (C=N–C) groups is 1. The number of hydrogen-bond donors (Lipinski definition) is 1. The van der Waals surface area contributed by atoms with Crippen LogP contribution in [0.15, 0.2) is 4.99 Å². The Bertz CT molecular complexity index is 426. The number of alkyl halides is 1. The van der Waals surface area contributed by atoms with Gasteiger partial charge < -0.3 is 10.2 Å². The van der Waals surface area contributed by atoms with Crippen LogP contribution in [0.25, 0.3) is 0 Å². The van der Waals surface area contributed by atoms with Gasteiger partial charge >= 0.3 is 0 Å². The molecule has 0 aromatic carbocycles. The van der Waals surface area contributed by atoms with Crippen LogP contribution in [0.3, 0.4) is 0 Å². The van der Waals surface area contributed by atoms with Crippen molar-refractivity contribution < 1.29 is 12.8 Å². The molecule has 0 spiro atoms. The monoisotopic (exact) mass is 421 g/mol. The fourth-order valence-electron chi connectivity index (χ4n) is 2.00. The number of sulfone groups is 1. The summed E-state index contributed by atoms with van der Waals surface area (Å²) in [6.45, 7) is 7.02. The van der Waals surface area contributed by atoms with Gasteiger partial charge in [0.25, 0.3) is 0 Å². The smallest absolute Gasteiger partial charge is 0.193 e. The van der Waals surface area contributed by atoms with E-state index in [4.69, 9.17) is 0 Å². The lowest BCUT2D eigenvalue weighted by Crippen LogP contribution is -2.57. The predicted molar refractivity (Wildman–Crippen MR) is 91.4 cm³/mol. The summed E-state index contributed by atoms with van der Waals surface area (Å²) >= 11 is 0. The lowest BCUT2D eigenvalue weighted by atomic mass is 10.2. The normalized spacial score (nSPS) is 21.2. The Balaban J connectivity index is 0.00000361. The van der Waals surface area contributed by atoms with Crippen molar-refractivity contribution in [2.75, 3.05) is 38.6 Å². The molecule has 1 aliphatic heterocycles. The van der Waals surface area contributed by atoms with E-state index < -0.39 is 14.6 Å². The van der Waals surface area contributed by atoms with Crippen LogP contribution in [-0.4, -0.2) is 62.6 Å². The van der Waals surface area contributed by atoms with Crippen LogP contribution >= 0.6 is 24.0 Å². The Morgan fingerprint density at radius 2 is 2.10 bits per heavy atom. The van der Waals surface area contributed by atoms with Crippen molar-refractivity contribution in [3.8, 4) is 0 Å². The number of guanidine groups is 1. The molecule has 1 rings (SSSR count). The molecule has 5 nitrogen and oxygen atoms in total. The van der Waals surface area contributed by atoms with E-state index in [1.54, 1.807) is 13.8 Å². The van der Waals surface area contributed by atoms with Crippen LogP contribution in [0.5, 0.6) is 0 Å². The molecule has 1 heterocycles. The summed E-state index contributed by atoms with van der Waals surface area (Å²) in [6.07, 6.45) is 0.393. The molecular weight excluding hydrogens is 396 g/mol. The average Bonchev–Trinajstić information content (AvgIpc) is 2.32. The first kappa shape index (κ1) is 19.9. The molecule has 1 aliphatic rings. The van der Waals surface area contributed by atoms with E-state index in [1.807, 2.05) is 11.8 Å². The number of rotatable bonds is 4. The van der Waals surface area contributed by atoms with Gasteiger partial charge in [-0.15, -0.1) is 24.0 Å². The van der Waals surface area contributed by atoms with Crippen LogP contribution in [0.4, 0.5) is 4.39 Å². The lowest BCUT2D eigenvalue weighted by Gasteiger charge is -2.39. The maximum Gasteiger partial charge on any atom is 0.193 e. The average molecular weight is 421 g/mol. The van der Waals surface area contributed by atoms with Crippen LogP contribution < -0.4 is 5.32 Å². The van der Waals surface area contributed by atoms with Crippen LogP contribution in [0.2, 0.25) is 0 Å². The van der Waals surface area contributed by atoms with Gasteiger partial charge in [-0.1, -0.05) is 0 Å². The third-order valence-corrected chi connectivity index (χ3v) is 5.76. The Kier molecular flexibility index (Phi) is 8.30. The second-order valence-electron chi connectivity index (χ2n) is 5.28. The molecule has 0 atom stereocenters. The highest BCUT2D eigenvalue weighted by molar-refractivity contribution is 14.0. The third-order valence-electron chi connectivity index (χ3n) is 3.23. The van der Waals surface area contributed by atoms with Crippen molar-refractivity contribution >= 4 is 39.8 Å². The summed E-state index contributed by atoms with van der Waals surface area (Å²) in [4.78, 5) is 6.28. The van der Waals surface area contributed by atoms with E-state index in [1.165, 1.54) is 0 Å². The Hall–Kier alpha value is -0.120. The summed E-state index contributed by atoms with van der Waals surface area (Å²) in [7, 11) is -3.05. The maximum atomic E-state index is 12.1. The third kappa shape index (κ3) is 5.01. The molecule has 0 aromatic rings. The van der Waals surface area contributed by atoms with Gasteiger partial charge in [0.1, 0.15) is 0 Å². The number of halogens is 2. The maximum absolute atomic E-state index is 12.1. The van der Waals surface area contributed by atoms with Gasteiger partial charge in [-0.2, -0.15) is 0 Å². The SMILES string of the molecule is CCNC(=NCCCF)N1CCS(=O)(=O)C(C)(C)C1.I. The zero-order valence-corrected chi connectivity index (χ0v) is 15.5. The highest BCUT2D eigenvalue weighted by Gasteiger charge is 2.40. The summed E-state index contributed by atoms with van der Waals surface area (Å²) in [5.41, 5.74) is 0. The van der Waals surface area contributed by atoms with E-state index >= 15 is 0 Å². The number of nitrogens with zero attached hydrogens (tertiary/aromatic N) is 2. The van der Waals surface area contributed by atoms with Crippen molar-refractivity contribution in [3.05, 3.63) is 0 Å². The van der Waals surface area contributed by atoms with Gasteiger partial charge in [-0.25, -0.2) is 8.42 Å². The van der Waals surface area contributed by atoms with E-state index in [-0.39, 0.29) is 36.4 Å². The van der Waals surface area contributed by atoms with E-state index in [0.29, 0.717) is 38.6 Å². The van der Waals surface area contributed by atoms with Gasteiger partial charge in [-0.05, 0) is 27.2 Å². The molecule has 0 amide bonds. The second-order valence-corrected chi connectivity index (χ2v) is 8.02. The van der Waals surface area contributed by atoms with Crippen molar-refractivity contribution in [2.24, 2.45) is 4.99 Å². The zero-order valence-electron chi connectivity index (χ0n) is 12.4. The first-order valence-electron chi connectivity index (χ1n) is 6.65. The number of nitrogens with one attached hydrogen (secondary N) is 1. The predicted octanol–water partition coefficient (Wildman–Crippen LogP) is 1.44. The van der Waals surface area contributed by atoms with Gasteiger partial charge in [-0.3, -0.25) is 9.38 Å². The molecule has 8 heteroatoms. The van der Waals surface area contributed by atoms with Crippen LogP contribution in [0, 0.1) is 0 Å². The van der Waals surface area contributed by atoms with Crippen LogP contribution in [0.1, 0.15) is 27.2 Å². The molecule has 1 N–H and O–H groups in total. The van der Waals surface area contributed by atoms with E-state index in [9.17, 15) is 12.8 Å². The summed E-state index contributed by atoms with van der Waals surface area (Å²) in [6, 6.07) is 0. The van der Waals surface area contributed by atoms with Crippen molar-refractivity contribution in [3.63, 3.8) is 0 Å². The Morgan fingerprint density at radius 3 is 2.60 bits per heavy atom. The van der Waals surface area contributed by atoms with E-state index in [2.05, 4.69) is 10.3 Å². The van der Waals surface area contributed by atoms with Gasteiger partial charge in [0.2, 0.25) is 0 Å². The fraction of sp³-hybridized carbons (Fsp3) is 0.917. The molecule has 1 fully saturated rings. The first-order valence-corrected chi connectivity index (χ1v) is 8.31. The largest absolute Gasteiger partial charge is 0.357 e. The molecule has 0 aliphatic carbocycles. The topological polar surface area (TPSA) is 61.8 Å². The Morgan fingerprint density at radius 1 is 1.45 bits per heavy atom. The van der Waals surface area contributed by atoms with E-state index in [0.717, 1.165) is 0 Å². The highest BCUT2D eigenvalue weighted by Crippen LogP contribution is 2.23. The minimum absolute atomic E-state index is 0. The quantitative estimate of drug-likeness (QED) is 0.323. The molecule has 0 unspecified atom stereocenters. The molecule has 0 aromatic heterocycles. The molecule has 0 saturated carbocycles. The molecular formula is C12H25FIN3O2S. The summed E-state index contributed by atoms with van der Waals surface area (Å²) in [5.74, 6) is 0.812. The Labute approximate surface area is 138 Å². The van der Waals surface area contributed by atoms with Gasteiger partial charge in [0.15, 0.2) is 15.8 Å². The fourth-order valence-corrected chi connectivity index (χ4v) is 3.36. The van der Waals surface area contributed by atoms with Crippen LogP contribution in [-0.2, 0) is 9.84 Å². The molecule has 120 valence electrons.